The number of nitrogens with two attached hydrogens (primary N) is 2. The SMILES string of the molecule is CO[C@@H]1COP(O)(=S)O[C@@H]2[C@H](O)[C@@H](COP(=O)(S)O[C@H]1[C@@H](Cl)n1cnc3c(N)ncnc31)O[C@H]2n1cnc2c(N)ncnc21. The summed E-state index contributed by atoms with van der Waals surface area (Å²) in [5.41, 5.74) is 11.6. The summed E-state index contributed by atoms with van der Waals surface area (Å²) in [4.78, 5) is 35.7. The zero-order valence-electron chi connectivity index (χ0n) is 22.4. The Balaban J connectivity index is 1.33. The minimum absolute atomic E-state index is 0.105. The van der Waals surface area contributed by atoms with E-state index in [2.05, 4.69) is 42.2 Å². The van der Waals surface area contributed by atoms with Gasteiger partial charge in [0.15, 0.2) is 29.2 Å². The molecule has 0 aliphatic carbocycles. The molecule has 0 saturated carbocycles. The molecule has 2 unspecified atom stereocenters. The number of aromatic nitrogens is 8. The molecular weight excluding hydrogens is 686 g/mol. The minimum atomic E-state index is -4.29. The van der Waals surface area contributed by atoms with Crippen LogP contribution >= 0.6 is 37.4 Å². The van der Waals surface area contributed by atoms with E-state index in [1.807, 2.05) is 0 Å². The maximum Gasteiger partial charge on any atom is 0.386 e. The van der Waals surface area contributed by atoms with Gasteiger partial charge >= 0.3 is 13.5 Å². The van der Waals surface area contributed by atoms with E-state index in [1.54, 1.807) is 0 Å². The Hall–Kier alpha value is -2.10. The lowest BCUT2D eigenvalue weighted by Crippen LogP contribution is -2.39. The number of anilines is 2. The molecule has 9 atom stereocenters. The first kappa shape index (κ1) is 31.9. The molecule has 2 bridgehead atoms. The highest BCUT2D eigenvalue weighted by molar-refractivity contribution is 8.44. The Kier molecular flexibility index (Phi) is 8.87. The van der Waals surface area contributed by atoms with Gasteiger partial charge in [-0.05, 0) is 11.8 Å². The number of hydrogen-bond donors (Lipinski definition) is 5. The molecule has 2 fully saturated rings. The number of fused-ring (bicyclic) bond motifs is 4. The van der Waals surface area contributed by atoms with E-state index in [0.717, 1.165) is 0 Å². The zero-order chi connectivity index (χ0) is 31.4. The van der Waals surface area contributed by atoms with Crippen LogP contribution in [0.4, 0.5) is 11.6 Å². The summed E-state index contributed by atoms with van der Waals surface area (Å²) in [5, 5.41) is 11.2. The summed E-state index contributed by atoms with van der Waals surface area (Å²) < 4.78 is 50.7. The van der Waals surface area contributed by atoms with Crippen molar-refractivity contribution in [3.63, 3.8) is 0 Å². The standard InChI is InChI=1S/C20H25ClN10O9P2S2/c1-35-9-3-37-42(34,44)40-14-12(32)8(38-20(14)31-7-29-11-17(23)25-5-27-19(11)31)2-36-41(33,43)39-13(9)15(21)30-6-28-10-16(22)24-4-26-18(10)30/h4-9,12-15,20,32H,2-3H2,1H3,(H,33,43)(H,34,44)(H2,22,24,26)(H2,23,25,27)/t8-,9-,12-,13-,14-,15+,20-,41?,42?/m1/s1. The molecule has 24 heteroatoms. The van der Waals surface area contributed by atoms with Gasteiger partial charge in [0.1, 0.15) is 59.7 Å². The van der Waals surface area contributed by atoms with E-state index in [-0.39, 0.29) is 34.0 Å². The predicted octanol–water partition coefficient (Wildman–Crippen LogP) is 0.913. The highest BCUT2D eigenvalue weighted by Gasteiger charge is 2.50. The second-order valence-electron chi connectivity index (χ2n) is 9.54. The zero-order valence-corrected chi connectivity index (χ0v) is 26.6. The molecule has 19 nitrogen and oxygen atoms in total. The van der Waals surface area contributed by atoms with Gasteiger partial charge in [-0.25, -0.2) is 34.5 Å². The summed E-state index contributed by atoms with van der Waals surface area (Å²) in [7, 11) is 1.30. The topological polar surface area (TPSA) is 252 Å². The van der Waals surface area contributed by atoms with Gasteiger partial charge in [-0.15, -0.1) is 0 Å². The van der Waals surface area contributed by atoms with E-state index < -0.39 is 69.0 Å². The maximum atomic E-state index is 13.6. The minimum Gasteiger partial charge on any atom is -0.387 e. The molecule has 0 aromatic carbocycles. The van der Waals surface area contributed by atoms with E-state index in [4.69, 9.17) is 62.4 Å². The number of hydrogen-bond acceptors (Lipinski definition) is 17. The number of thiol groups is 1. The van der Waals surface area contributed by atoms with Crippen LogP contribution < -0.4 is 11.5 Å². The van der Waals surface area contributed by atoms with Gasteiger partial charge in [-0.3, -0.25) is 22.7 Å². The molecule has 4 aromatic rings. The van der Waals surface area contributed by atoms with Crippen molar-refractivity contribution in [2.24, 2.45) is 0 Å². The second-order valence-corrected chi connectivity index (χ2v) is 15.7. The molecule has 6 N–H and O–H groups in total. The average Bonchev–Trinajstić information content (AvgIpc) is 3.68. The van der Waals surface area contributed by atoms with E-state index >= 15 is 0 Å². The van der Waals surface area contributed by atoms with Crippen LogP contribution in [0.3, 0.4) is 0 Å². The van der Waals surface area contributed by atoms with Crippen molar-refractivity contribution in [1.82, 2.24) is 39.0 Å². The number of nitrogens with zero attached hydrogens (tertiary/aromatic N) is 8. The van der Waals surface area contributed by atoms with Crippen LogP contribution in [0, 0.1) is 0 Å². The number of halogens is 1. The number of alkyl halides is 1. The summed E-state index contributed by atoms with van der Waals surface area (Å²) >= 11 is 16.2. The van der Waals surface area contributed by atoms with Crippen molar-refractivity contribution in [2.45, 2.75) is 42.2 Å². The number of imidazole rings is 2. The van der Waals surface area contributed by atoms with Gasteiger partial charge in [-0.2, -0.15) is 0 Å². The average molecular weight is 711 g/mol. The Morgan fingerprint density at radius 3 is 2.43 bits per heavy atom. The first-order valence-electron chi connectivity index (χ1n) is 12.6. The van der Waals surface area contributed by atoms with Gasteiger partial charge < -0.3 is 35.5 Å². The maximum absolute atomic E-state index is 13.6. The van der Waals surface area contributed by atoms with Crippen LogP contribution in [0.1, 0.15) is 11.7 Å². The molecule has 2 saturated heterocycles. The third kappa shape index (κ3) is 6.05. The van der Waals surface area contributed by atoms with Crippen molar-refractivity contribution in [3.05, 3.63) is 25.3 Å². The quantitative estimate of drug-likeness (QED) is 0.112. The molecule has 2 aliphatic heterocycles. The summed E-state index contributed by atoms with van der Waals surface area (Å²) in [6.07, 6.45) is -2.56. The Morgan fingerprint density at radius 2 is 1.73 bits per heavy atom. The number of methoxy groups -OCH3 is 1. The van der Waals surface area contributed by atoms with Crippen LogP contribution in [0.15, 0.2) is 25.3 Å². The lowest BCUT2D eigenvalue weighted by Gasteiger charge is -2.32. The lowest BCUT2D eigenvalue weighted by molar-refractivity contribution is -0.0626. The first-order valence-corrected chi connectivity index (χ1v) is 18.3. The monoisotopic (exact) mass is 710 g/mol. The second kappa shape index (κ2) is 12.3. The Morgan fingerprint density at radius 1 is 1.07 bits per heavy atom. The molecule has 44 heavy (non-hydrogen) atoms. The molecule has 2 aliphatic rings. The normalized spacial score (nSPS) is 34.4. The summed E-state index contributed by atoms with van der Waals surface area (Å²) in [6, 6.07) is 0. The van der Waals surface area contributed by atoms with Gasteiger partial charge in [0.25, 0.3) is 0 Å². The van der Waals surface area contributed by atoms with Gasteiger partial charge in [0.05, 0.1) is 25.9 Å². The van der Waals surface area contributed by atoms with Crippen LogP contribution in [0.5, 0.6) is 0 Å². The Bertz CT molecular complexity index is 1790. The lowest BCUT2D eigenvalue weighted by atomic mass is 10.1. The number of rotatable bonds is 4. The molecule has 0 spiro atoms. The highest BCUT2D eigenvalue weighted by Crippen LogP contribution is 2.57. The molecule has 238 valence electrons. The third-order valence-corrected chi connectivity index (χ3v) is 10.5. The number of nitrogen functional groups attached to an aromatic ring is 2. The van der Waals surface area contributed by atoms with E-state index in [1.165, 1.54) is 41.6 Å². The van der Waals surface area contributed by atoms with Gasteiger partial charge in [0.2, 0.25) is 0 Å². The molecule has 4 aromatic heterocycles. The molecule has 0 amide bonds. The highest BCUT2D eigenvalue weighted by atomic mass is 35.5. The molecule has 6 heterocycles. The van der Waals surface area contributed by atoms with Crippen LogP contribution in [-0.2, 0) is 43.9 Å². The van der Waals surface area contributed by atoms with Crippen molar-refractivity contribution < 1.29 is 42.1 Å². The van der Waals surface area contributed by atoms with Crippen molar-refractivity contribution in [2.75, 3.05) is 31.8 Å². The smallest absolute Gasteiger partial charge is 0.386 e. The number of aliphatic hydroxyl groups is 1. The van der Waals surface area contributed by atoms with Crippen LogP contribution in [-0.4, -0.2) is 99.9 Å². The summed E-state index contributed by atoms with van der Waals surface area (Å²) in [6.45, 7) is -9.43. The first-order chi connectivity index (χ1) is 20.9. The van der Waals surface area contributed by atoms with E-state index in [9.17, 15) is 14.6 Å². The molecular formula is C20H25ClN10O9P2S2. The van der Waals surface area contributed by atoms with Crippen LogP contribution in [0.25, 0.3) is 22.3 Å². The predicted molar refractivity (Wildman–Crippen MR) is 160 cm³/mol. The van der Waals surface area contributed by atoms with Crippen molar-refractivity contribution in [1.29, 1.82) is 0 Å². The fourth-order valence-electron chi connectivity index (χ4n) is 4.75. The van der Waals surface area contributed by atoms with Gasteiger partial charge in [0, 0.05) is 7.11 Å². The van der Waals surface area contributed by atoms with E-state index in [0.29, 0.717) is 0 Å². The third-order valence-electron chi connectivity index (χ3n) is 6.88. The number of ether oxygens (including phenoxy) is 2. The molecule has 0 radical (unpaired) electrons. The fraction of sp³-hybridized carbons (Fsp3) is 0.500. The fourth-order valence-corrected chi connectivity index (χ4v) is 8.08. The van der Waals surface area contributed by atoms with Crippen molar-refractivity contribution >= 4 is 83.1 Å². The molecule has 6 rings (SSSR count). The number of aliphatic hydroxyl groups excluding tert-OH is 1. The van der Waals surface area contributed by atoms with Crippen LogP contribution in [0.2, 0.25) is 0 Å². The summed E-state index contributed by atoms with van der Waals surface area (Å²) in [5.74, 6) is 0.209. The van der Waals surface area contributed by atoms with Crippen molar-refractivity contribution in [3.8, 4) is 0 Å². The van der Waals surface area contributed by atoms with Gasteiger partial charge in [-0.1, -0.05) is 23.8 Å². The largest absolute Gasteiger partial charge is 0.387 e. The Labute approximate surface area is 263 Å².